The number of rotatable bonds is 0. The first-order valence-corrected chi connectivity index (χ1v) is 2.10. The number of hydrogen-bond acceptors (Lipinski definition) is 2. The fourth-order valence-corrected chi connectivity index (χ4v) is 0. The zero-order valence-electron chi connectivity index (χ0n) is 4.83. The van der Waals surface area contributed by atoms with Gasteiger partial charge in [-0.15, -0.1) is 0 Å². The number of hydrogen-bond donors (Lipinski definition) is 2. The van der Waals surface area contributed by atoms with Gasteiger partial charge in [-0.25, -0.2) is 0 Å². The molecule has 0 amide bonds. The van der Waals surface area contributed by atoms with Crippen molar-refractivity contribution in [3.05, 3.63) is 0 Å². The molecule has 6 heteroatoms. The summed E-state index contributed by atoms with van der Waals surface area (Å²) >= 11 is 0. The van der Waals surface area contributed by atoms with Crippen LogP contribution in [0.15, 0.2) is 0 Å². The molecule has 0 aromatic carbocycles. The molecular formula is CH8BaO4S. The minimum atomic E-state index is -4.67. The van der Waals surface area contributed by atoms with E-state index in [2.05, 4.69) is 0 Å². The first kappa shape index (κ1) is 15.8. The molecule has 0 aliphatic rings. The fourth-order valence-electron chi connectivity index (χ4n) is 0. The van der Waals surface area contributed by atoms with Crippen LogP contribution in [0.5, 0.6) is 0 Å². The van der Waals surface area contributed by atoms with Crippen LogP contribution in [0.1, 0.15) is 10.3 Å². The Balaban J connectivity index is -0.0000000133. The van der Waals surface area contributed by atoms with Crippen LogP contribution >= 0.6 is 0 Å². The van der Waals surface area contributed by atoms with E-state index in [1.54, 1.807) is 0 Å². The van der Waals surface area contributed by atoms with Gasteiger partial charge in [0.1, 0.15) is 0 Å². The third-order valence-corrected chi connectivity index (χ3v) is 0. The van der Waals surface area contributed by atoms with Gasteiger partial charge in [-0.1, -0.05) is 7.43 Å². The largest absolute Gasteiger partial charge is 2.00 e. The second kappa shape index (κ2) is 5.58. The summed E-state index contributed by atoms with van der Waals surface area (Å²) < 4.78 is 31.6. The molecule has 0 spiro atoms. The summed E-state index contributed by atoms with van der Waals surface area (Å²) in [5.74, 6) is 0. The first-order valence-electron chi connectivity index (χ1n) is 0.698. The molecular weight excluding hydrogens is 245 g/mol. The van der Waals surface area contributed by atoms with Crippen molar-refractivity contribution in [1.82, 2.24) is 0 Å². The fraction of sp³-hybridized carbons (Fsp3) is 1.00. The summed E-state index contributed by atoms with van der Waals surface area (Å²) in [7, 11) is -4.67. The van der Waals surface area contributed by atoms with Crippen LogP contribution in [0, 0.1) is 0 Å². The van der Waals surface area contributed by atoms with Crippen LogP contribution in [0.3, 0.4) is 0 Å². The molecule has 0 aromatic rings. The average molecular weight is 253 g/mol. The third kappa shape index (κ3) is 106. The van der Waals surface area contributed by atoms with Gasteiger partial charge in [-0.2, -0.15) is 8.42 Å². The van der Waals surface area contributed by atoms with E-state index in [4.69, 9.17) is 17.5 Å². The normalized spacial score (nSPS) is 8.29. The molecule has 0 saturated heterocycles. The summed E-state index contributed by atoms with van der Waals surface area (Å²) in [6.45, 7) is 0. The van der Waals surface area contributed by atoms with Crippen LogP contribution < -0.4 is 0 Å². The summed E-state index contributed by atoms with van der Waals surface area (Å²) in [5, 5.41) is 0. The van der Waals surface area contributed by atoms with Crippen molar-refractivity contribution in [1.29, 1.82) is 0 Å². The van der Waals surface area contributed by atoms with Crippen molar-refractivity contribution < 1.29 is 20.4 Å². The molecule has 0 bridgehead atoms. The Morgan fingerprint density at radius 1 is 1.29 bits per heavy atom. The SMILES string of the molecule is C.O=S(=O)(O)O.[Ba+2].[H-].[H-]. The molecule has 0 heterocycles. The van der Waals surface area contributed by atoms with E-state index in [1.165, 1.54) is 0 Å². The van der Waals surface area contributed by atoms with Crippen LogP contribution in [0.25, 0.3) is 0 Å². The Kier molecular flexibility index (Phi) is 12.6. The molecule has 0 unspecified atom stereocenters. The van der Waals surface area contributed by atoms with E-state index in [0.29, 0.717) is 0 Å². The van der Waals surface area contributed by atoms with E-state index in [9.17, 15) is 0 Å². The average Bonchev–Trinajstić information content (AvgIpc) is 0.722. The molecule has 0 rings (SSSR count). The van der Waals surface area contributed by atoms with Crippen LogP contribution in [0.2, 0.25) is 0 Å². The van der Waals surface area contributed by atoms with Gasteiger partial charge < -0.3 is 2.85 Å². The molecule has 0 fully saturated rings. The standard InChI is InChI=1S/CH4.Ba.H2O4S.2H/c;;1-5(2,3)4;;/h1H4;;(H2,1,2,3,4);;/q;+2;;2*-1. The van der Waals surface area contributed by atoms with Crippen LogP contribution in [-0.2, 0) is 10.4 Å². The minimum Gasteiger partial charge on any atom is -1.00 e. The molecule has 0 aliphatic heterocycles. The second-order valence-corrected chi connectivity index (χ2v) is 1.34. The van der Waals surface area contributed by atoms with Crippen LogP contribution in [0.4, 0.5) is 0 Å². The predicted octanol–water partition coefficient (Wildman–Crippen LogP) is -0.172. The second-order valence-electron chi connectivity index (χ2n) is 0.448. The molecule has 7 heavy (non-hydrogen) atoms. The smallest absolute Gasteiger partial charge is 1.00 e. The van der Waals surface area contributed by atoms with Gasteiger partial charge in [0.25, 0.3) is 0 Å². The maximum absolute atomic E-state index is 8.74. The van der Waals surface area contributed by atoms with Crippen molar-refractivity contribution in [2.75, 3.05) is 0 Å². The monoisotopic (exact) mass is 254 g/mol. The van der Waals surface area contributed by atoms with Crippen molar-refractivity contribution >= 4 is 59.3 Å². The molecule has 0 atom stereocenters. The van der Waals surface area contributed by atoms with Crippen molar-refractivity contribution in [3.8, 4) is 0 Å². The Morgan fingerprint density at radius 2 is 1.29 bits per heavy atom. The maximum atomic E-state index is 8.74. The molecule has 44 valence electrons. The summed E-state index contributed by atoms with van der Waals surface area (Å²) in [5.41, 5.74) is 0. The molecule has 0 saturated carbocycles. The van der Waals surface area contributed by atoms with Crippen molar-refractivity contribution in [3.63, 3.8) is 0 Å². The van der Waals surface area contributed by atoms with Gasteiger partial charge >= 0.3 is 59.3 Å². The Hall–Kier alpha value is 1.44. The van der Waals surface area contributed by atoms with Gasteiger partial charge in [0.2, 0.25) is 0 Å². The Bertz CT molecular complexity index is 102. The van der Waals surface area contributed by atoms with Gasteiger partial charge in [0.05, 0.1) is 0 Å². The van der Waals surface area contributed by atoms with Crippen molar-refractivity contribution in [2.45, 2.75) is 7.43 Å². The van der Waals surface area contributed by atoms with Gasteiger partial charge in [0.15, 0.2) is 0 Å². The first-order chi connectivity index (χ1) is 2.00. The Morgan fingerprint density at radius 3 is 1.29 bits per heavy atom. The van der Waals surface area contributed by atoms with Gasteiger partial charge in [-0.05, 0) is 0 Å². The molecule has 0 aliphatic carbocycles. The predicted molar refractivity (Wildman–Crippen MR) is 28.9 cm³/mol. The zero-order chi connectivity index (χ0) is 4.50. The van der Waals surface area contributed by atoms with E-state index < -0.39 is 10.4 Å². The van der Waals surface area contributed by atoms with Gasteiger partial charge in [-0.3, -0.25) is 9.11 Å². The summed E-state index contributed by atoms with van der Waals surface area (Å²) in [4.78, 5) is 0. The van der Waals surface area contributed by atoms with Gasteiger partial charge in [0, 0.05) is 0 Å². The topological polar surface area (TPSA) is 74.6 Å². The molecule has 0 aromatic heterocycles. The summed E-state index contributed by atoms with van der Waals surface area (Å²) in [6, 6.07) is 0. The quantitative estimate of drug-likeness (QED) is 0.464. The van der Waals surface area contributed by atoms with E-state index in [1.807, 2.05) is 0 Å². The maximum Gasteiger partial charge on any atom is 2.00 e. The summed E-state index contributed by atoms with van der Waals surface area (Å²) in [6.07, 6.45) is 0. The van der Waals surface area contributed by atoms with E-state index in [0.717, 1.165) is 0 Å². The van der Waals surface area contributed by atoms with E-state index in [-0.39, 0.29) is 59.2 Å². The Labute approximate surface area is 85.9 Å². The minimum absolute atomic E-state index is 0. The van der Waals surface area contributed by atoms with Crippen LogP contribution in [-0.4, -0.2) is 66.4 Å². The molecule has 2 N–H and O–H groups in total. The van der Waals surface area contributed by atoms with E-state index >= 15 is 0 Å². The third-order valence-electron chi connectivity index (χ3n) is 0. The zero-order valence-corrected chi connectivity index (χ0v) is 8.08. The molecule has 0 radical (unpaired) electrons. The van der Waals surface area contributed by atoms with Crippen molar-refractivity contribution in [2.24, 2.45) is 0 Å². The molecule has 4 nitrogen and oxygen atoms in total.